The highest BCUT2D eigenvalue weighted by Gasteiger charge is 2.26. The molecule has 0 fully saturated rings. The lowest BCUT2D eigenvalue weighted by atomic mass is 10.2. The van der Waals surface area contributed by atoms with Crippen LogP contribution in [0.3, 0.4) is 0 Å². The molecule has 0 radical (unpaired) electrons. The Bertz CT molecular complexity index is 626. The van der Waals surface area contributed by atoms with Crippen molar-refractivity contribution in [3.8, 4) is 0 Å². The van der Waals surface area contributed by atoms with Gasteiger partial charge >= 0.3 is 12.1 Å². The number of benzene rings is 1. The van der Waals surface area contributed by atoms with Crippen LogP contribution in [-0.4, -0.2) is 38.4 Å². The summed E-state index contributed by atoms with van der Waals surface area (Å²) in [7, 11) is -2.88. The van der Waals surface area contributed by atoms with Crippen molar-refractivity contribution in [1.29, 1.82) is 0 Å². The first kappa shape index (κ1) is 18.0. The first-order valence-electron chi connectivity index (χ1n) is 6.93. The van der Waals surface area contributed by atoms with Crippen molar-refractivity contribution in [3.05, 3.63) is 29.8 Å². The van der Waals surface area contributed by atoms with E-state index in [2.05, 4.69) is 5.32 Å². The Labute approximate surface area is 130 Å². The van der Waals surface area contributed by atoms with Crippen LogP contribution in [0, 0.1) is 6.92 Å². The van der Waals surface area contributed by atoms with Gasteiger partial charge in [0.15, 0.2) is 0 Å². The van der Waals surface area contributed by atoms with Gasteiger partial charge in [-0.25, -0.2) is 22.3 Å². The van der Waals surface area contributed by atoms with Crippen LogP contribution >= 0.6 is 0 Å². The number of carbonyl (C=O) groups excluding carboxylic acids is 2. The highest BCUT2D eigenvalue weighted by Crippen LogP contribution is 2.14. The number of imide groups is 1. The molecule has 0 unspecified atom stereocenters. The summed E-state index contributed by atoms with van der Waals surface area (Å²) >= 11 is 0. The molecule has 122 valence electrons. The number of aryl methyl sites for hydroxylation is 1. The Morgan fingerprint density at radius 3 is 2.32 bits per heavy atom. The van der Waals surface area contributed by atoms with Crippen molar-refractivity contribution in [1.82, 2.24) is 14.9 Å². The van der Waals surface area contributed by atoms with Gasteiger partial charge < -0.3 is 5.32 Å². The van der Waals surface area contributed by atoms with E-state index in [1.807, 2.05) is 19.2 Å². The zero-order chi connectivity index (χ0) is 16.8. The third kappa shape index (κ3) is 4.73. The topological polar surface area (TPSA) is 95.6 Å². The summed E-state index contributed by atoms with van der Waals surface area (Å²) in [5.41, 5.74) is 0.904. The first-order chi connectivity index (χ1) is 10.3. The lowest BCUT2D eigenvalue weighted by Crippen LogP contribution is -2.47. The first-order valence-corrected chi connectivity index (χ1v) is 8.37. The maximum absolute atomic E-state index is 12.3. The van der Waals surface area contributed by atoms with Crippen LogP contribution in [0.15, 0.2) is 29.2 Å². The number of sulfonamides is 1. The van der Waals surface area contributed by atoms with E-state index in [1.54, 1.807) is 12.1 Å². The van der Waals surface area contributed by atoms with Gasteiger partial charge in [-0.3, -0.25) is 5.32 Å². The summed E-state index contributed by atoms with van der Waals surface area (Å²) in [6.45, 7) is 4.21. The molecule has 0 aliphatic carbocycles. The largest absolute Gasteiger partial charge is 0.339 e. The van der Waals surface area contributed by atoms with E-state index >= 15 is 0 Å². The lowest BCUT2D eigenvalue weighted by molar-refractivity contribution is 0.219. The van der Waals surface area contributed by atoms with E-state index in [0.29, 0.717) is 10.8 Å². The fraction of sp³-hybridized carbons (Fsp3) is 0.429. The average Bonchev–Trinajstić information content (AvgIpc) is 2.47. The molecule has 0 bridgehead atoms. The smallest absolute Gasteiger partial charge is 0.338 e. The van der Waals surface area contributed by atoms with E-state index in [4.69, 9.17) is 0 Å². The number of nitrogens with one attached hydrogen (secondary N) is 2. The van der Waals surface area contributed by atoms with E-state index in [0.717, 1.165) is 25.5 Å². The Kier molecular flexibility index (Phi) is 6.36. The Morgan fingerprint density at radius 2 is 1.77 bits per heavy atom. The number of hydrogen-bond donors (Lipinski definition) is 2. The molecule has 0 aliphatic heterocycles. The second-order valence-electron chi connectivity index (χ2n) is 4.83. The predicted octanol–water partition coefficient (Wildman–Crippen LogP) is 1.83. The van der Waals surface area contributed by atoms with Crippen molar-refractivity contribution in [2.75, 3.05) is 13.6 Å². The van der Waals surface area contributed by atoms with Crippen LogP contribution in [-0.2, 0) is 10.0 Å². The molecule has 0 aromatic heterocycles. The number of urea groups is 2. The molecular weight excluding hydrogens is 306 g/mol. The maximum atomic E-state index is 12.3. The van der Waals surface area contributed by atoms with Crippen LogP contribution in [0.5, 0.6) is 0 Å². The number of unbranched alkanes of at least 4 members (excludes halogenated alkanes) is 1. The second kappa shape index (κ2) is 7.79. The molecule has 1 aromatic carbocycles. The van der Waals surface area contributed by atoms with Gasteiger partial charge in [0.1, 0.15) is 0 Å². The molecule has 1 rings (SSSR count). The Hall–Kier alpha value is -2.09. The number of nitrogens with zero attached hydrogens (tertiary/aromatic N) is 1. The summed E-state index contributed by atoms with van der Waals surface area (Å²) < 4.78 is 25.0. The monoisotopic (exact) mass is 327 g/mol. The molecule has 0 heterocycles. The minimum atomic E-state index is -3.98. The fourth-order valence-electron chi connectivity index (χ4n) is 1.58. The SMILES string of the molecule is CCCCNC(=O)NC(=O)N(C)S(=O)(=O)c1ccc(C)cc1. The van der Waals surface area contributed by atoms with Gasteiger partial charge in [-0.05, 0) is 25.5 Å². The Morgan fingerprint density at radius 1 is 1.18 bits per heavy atom. The fourth-order valence-corrected chi connectivity index (χ4v) is 2.64. The summed E-state index contributed by atoms with van der Waals surface area (Å²) in [5.74, 6) is 0. The standard InChI is InChI=1S/C14H21N3O4S/c1-4-5-10-15-13(18)16-14(19)17(3)22(20,21)12-8-6-11(2)7-9-12/h6-9H,4-5,10H2,1-3H3,(H2,15,16,18,19). The molecular formula is C14H21N3O4S. The normalized spacial score (nSPS) is 10.9. The van der Waals surface area contributed by atoms with E-state index in [1.165, 1.54) is 12.1 Å². The summed E-state index contributed by atoms with van der Waals surface area (Å²) in [6.07, 6.45) is 1.68. The number of carbonyl (C=O) groups is 2. The van der Waals surface area contributed by atoms with Gasteiger partial charge in [0.25, 0.3) is 10.0 Å². The van der Waals surface area contributed by atoms with Gasteiger partial charge in [0, 0.05) is 13.6 Å². The zero-order valence-electron chi connectivity index (χ0n) is 12.9. The van der Waals surface area contributed by atoms with Crippen molar-refractivity contribution in [2.45, 2.75) is 31.6 Å². The van der Waals surface area contributed by atoms with Crippen molar-refractivity contribution >= 4 is 22.1 Å². The summed E-state index contributed by atoms with van der Waals surface area (Å²) in [4.78, 5) is 23.3. The van der Waals surface area contributed by atoms with Crippen LogP contribution in [0.1, 0.15) is 25.3 Å². The second-order valence-corrected chi connectivity index (χ2v) is 6.79. The minimum absolute atomic E-state index is 0.0119. The molecule has 22 heavy (non-hydrogen) atoms. The third-order valence-corrected chi connectivity index (χ3v) is 4.76. The number of rotatable bonds is 5. The van der Waals surface area contributed by atoms with Crippen molar-refractivity contribution in [3.63, 3.8) is 0 Å². The molecule has 1 aromatic rings. The molecule has 7 nitrogen and oxygen atoms in total. The van der Waals surface area contributed by atoms with Crippen LogP contribution in [0.25, 0.3) is 0 Å². The molecule has 4 amide bonds. The Balaban J connectivity index is 2.73. The van der Waals surface area contributed by atoms with Crippen LogP contribution in [0.4, 0.5) is 9.59 Å². The highest BCUT2D eigenvalue weighted by molar-refractivity contribution is 7.89. The highest BCUT2D eigenvalue weighted by atomic mass is 32.2. The van der Waals surface area contributed by atoms with Crippen LogP contribution < -0.4 is 10.6 Å². The molecule has 0 saturated heterocycles. The molecule has 8 heteroatoms. The summed E-state index contributed by atoms with van der Waals surface area (Å²) in [6, 6.07) is 4.37. The van der Waals surface area contributed by atoms with Gasteiger partial charge in [0.2, 0.25) is 0 Å². The zero-order valence-corrected chi connectivity index (χ0v) is 13.7. The van der Waals surface area contributed by atoms with Gasteiger partial charge in [-0.2, -0.15) is 0 Å². The van der Waals surface area contributed by atoms with Crippen molar-refractivity contribution in [2.24, 2.45) is 0 Å². The van der Waals surface area contributed by atoms with Crippen molar-refractivity contribution < 1.29 is 18.0 Å². The molecule has 0 saturated carbocycles. The number of amides is 4. The van der Waals surface area contributed by atoms with E-state index in [-0.39, 0.29) is 4.90 Å². The molecule has 0 aliphatic rings. The van der Waals surface area contributed by atoms with E-state index < -0.39 is 22.1 Å². The predicted molar refractivity (Wildman–Crippen MR) is 83.0 cm³/mol. The van der Waals surface area contributed by atoms with E-state index in [9.17, 15) is 18.0 Å². The summed E-state index contributed by atoms with van der Waals surface area (Å²) in [5, 5.41) is 4.46. The molecule has 0 atom stereocenters. The van der Waals surface area contributed by atoms with Gasteiger partial charge in [0.05, 0.1) is 4.90 Å². The minimum Gasteiger partial charge on any atom is -0.338 e. The number of hydrogen-bond acceptors (Lipinski definition) is 4. The maximum Gasteiger partial charge on any atom is 0.339 e. The van der Waals surface area contributed by atoms with Crippen LogP contribution in [0.2, 0.25) is 0 Å². The average molecular weight is 327 g/mol. The van der Waals surface area contributed by atoms with Gasteiger partial charge in [-0.15, -0.1) is 0 Å². The van der Waals surface area contributed by atoms with Gasteiger partial charge in [-0.1, -0.05) is 31.0 Å². The molecule has 0 spiro atoms. The quantitative estimate of drug-likeness (QED) is 0.807. The molecule has 2 N–H and O–H groups in total. The third-order valence-electron chi connectivity index (χ3n) is 3.00. The lowest BCUT2D eigenvalue weighted by Gasteiger charge is -2.18.